The zero-order valence-electron chi connectivity index (χ0n) is 13.1. The van der Waals surface area contributed by atoms with Crippen molar-refractivity contribution in [3.05, 3.63) is 24.3 Å². The normalized spacial score (nSPS) is 22.1. The predicted octanol–water partition coefficient (Wildman–Crippen LogP) is 1.08. The average molecular weight is 308 g/mol. The molecule has 122 valence electrons. The largest absolute Gasteiger partial charge is 0.497 e. The molecule has 22 heavy (non-hydrogen) atoms. The third-order valence-corrected chi connectivity index (χ3v) is 3.61. The molecule has 0 bridgehead atoms. The second-order valence-electron chi connectivity index (χ2n) is 5.41. The minimum atomic E-state index is -0.391. The van der Waals surface area contributed by atoms with E-state index in [-0.39, 0.29) is 18.1 Å². The molecule has 2 rings (SSSR count). The van der Waals surface area contributed by atoms with Gasteiger partial charge >= 0.3 is 0 Å². The van der Waals surface area contributed by atoms with Gasteiger partial charge in [-0.2, -0.15) is 0 Å². The molecule has 1 saturated heterocycles. The second-order valence-corrected chi connectivity index (χ2v) is 5.41. The summed E-state index contributed by atoms with van der Waals surface area (Å²) in [6.07, 6.45) is 1.02. The molecule has 1 amide bonds. The third kappa shape index (κ3) is 4.61. The van der Waals surface area contributed by atoms with Gasteiger partial charge in [0.2, 0.25) is 5.91 Å². The Bertz CT molecular complexity index is 495. The number of carbonyl (C=O) groups excluding carboxylic acids is 1. The first-order chi connectivity index (χ1) is 10.6. The average Bonchev–Trinajstić information content (AvgIpc) is 3.02. The first kappa shape index (κ1) is 16.6. The van der Waals surface area contributed by atoms with Crippen LogP contribution in [-0.2, 0) is 9.53 Å². The van der Waals surface area contributed by atoms with Gasteiger partial charge in [-0.1, -0.05) is 6.07 Å². The molecule has 0 radical (unpaired) electrons. The maximum atomic E-state index is 12.0. The van der Waals surface area contributed by atoms with Gasteiger partial charge in [0.15, 0.2) is 0 Å². The molecule has 1 aliphatic rings. The Morgan fingerprint density at radius 3 is 2.91 bits per heavy atom. The van der Waals surface area contributed by atoms with Gasteiger partial charge in [-0.05, 0) is 31.9 Å². The molecule has 0 aliphatic carbocycles. The molecule has 3 N–H and O–H groups in total. The number of amides is 1. The van der Waals surface area contributed by atoms with Gasteiger partial charge in [0.25, 0.3) is 0 Å². The van der Waals surface area contributed by atoms with E-state index in [0.29, 0.717) is 18.8 Å². The highest BCUT2D eigenvalue weighted by Gasteiger charge is 2.29. The second kappa shape index (κ2) is 8.00. The fraction of sp³-hybridized carbons (Fsp3) is 0.562. The highest BCUT2D eigenvalue weighted by Crippen LogP contribution is 2.20. The summed E-state index contributed by atoms with van der Waals surface area (Å²) in [6.45, 7) is 2.78. The quantitative estimate of drug-likeness (QED) is 0.788. The number of methoxy groups -OCH3 is 1. The van der Waals surface area contributed by atoms with Crippen molar-refractivity contribution in [1.82, 2.24) is 5.32 Å². The van der Waals surface area contributed by atoms with E-state index >= 15 is 0 Å². The van der Waals surface area contributed by atoms with Gasteiger partial charge in [0.1, 0.15) is 23.7 Å². The summed E-state index contributed by atoms with van der Waals surface area (Å²) in [5.74, 6) is 1.35. The van der Waals surface area contributed by atoms with E-state index in [1.807, 2.05) is 31.2 Å². The lowest BCUT2D eigenvalue weighted by Crippen LogP contribution is -2.40. The first-order valence-corrected chi connectivity index (χ1v) is 7.56. The smallest absolute Gasteiger partial charge is 0.249 e. The lowest BCUT2D eigenvalue weighted by molar-refractivity contribution is -0.132. The first-order valence-electron chi connectivity index (χ1n) is 7.56. The number of nitrogens with two attached hydrogens (primary N) is 1. The lowest BCUT2D eigenvalue weighted by Gasteiger charge is -2.18. The Balaban J connectivity index is 1.75. The summed E-state index contributed by atoms with van der Waals surface area (Å²) in [6, 6.07) is 7.38. The monoisotopic (exact) mass is 308 g/mol. The Morgan fingerprint density at radius 2 is 2.23 bits per heavy atom. The molecule has 6 nitrogen and oxygen atoms in total. The number of benzene rings is 1. The summed E-state index contributed by atoms with van der Waals surface area (Å²) < 4.78 is 16.5. The van der Waals surface area contributed by atoms with Crippen molar-refractivity contribution in [2.24, 2.45) is 5.73 Å². The van der Waals surface area contributed by atoms with Crippen LogP contribution >= 0.6 is 0 Å². The summed E-state index contributed by atoms with van der Waals surface area (Å²) >= 11 is 0. The molecular weight excluding hydrogens is 284 g/mol. The maximum Gasteiger partial charge on any atom is 0.249 e. The molecule has 1 aromatic carbocycles. The van der Waals surface area contributed by atoms with Crippen molar-refractivity contribution in [2.45, 2.75) is 38.1 Å². The van der Waals surface area contributed by atoms with Crippen LogP contribution in [-0.4, -0.2) is 44.4 Å². The Labute approximate surface area is 130 Å². The molecule has 1 fully saturated rings. The van der Waals surface area contributed by atoms with Crippen LogP contribution in [0.2, 0.25) is 0 Å². The van der Waals surface area contributed by atoms with E-state index in [2.05, 4.69) is 5.32 Å². The highest BCUT2D eigenvalue weighted by molar-refractivity contribution is 5.81. The van der Waals surface area contributed by atoms with Crippen molar-refractivity contribution in [3.63, 3.8) is 0 Å². The summed E-state index contributed by atoms with van der Waals surface area (Å²) in [4.78, 5) is 12.0. The van der Waals surface area contributed by atoms with Crippen molar-refractivity contribution in [1.29, 1.82) is 0 Å². The SMILES string of the molecule is COc1cccc(OC(C)CNC(=O)[C@@H]2CC[C@H](CN)O2)c1. The van der Waals surface area contributed by atoms with Crippen LogP contribution in [0.3, 0.4) is 0 Å². The van der Waals surface area contributed by atoms with Crippen LogP contribution < -0.4 is 20.5 Å². The maximum absolute atomic E-state index is 12.0. The predicted molar refractivity (Wildman–Crippen MR) is 83.0 cm³/mol. The fourth-order valence-electron chi connectivity index (χ4n) is 2.38. The van der Waals surface area contributed by atoms with Crippen LogP contribution in [0.15, 0.2) is 24.3 Å². The van der Waals surface area contributed by atoms with Crippen molar-refractivity contribution in [3.8, 4) is 11.5 Å². The number of hydrogen-bond donors (Lipinski definition) is 2. The van der Waals surface area contributed by atoms with Gasteiger partial charge in [-0.3, -0.25) is 4.79 Å². The standard InChI is InChI=1S/C16H24N2O4/c1-11(21-13-5-3-4-12(8-13)20-2)10-18-16(19)15-7-6-14(9-17)22-15/h3-5,8,11,14-15H,6-7,9-10,17H2,1-2H3,(H,18,19)/t11?,14-,15+/m1/s1. The van der Waals surface area contributed by atoms with Crippen LogP contribution in [0.25, 0.3) is 0 Å². The van der Waals surface area contributed by atoms with Gasteiger partial charge in [-0.15, -0.1) is 0 Å². The topological polar surface area (TPSA) is 82.8 Å². The van der Waals surface area contributed by atoms with E-state index in [0.717, 1.165) is 18.6 Å². The van der Waals surface area contributed by atoms with Gasteiger partial charge < -0.3 is 25.3 Å². The highest BCUT2D eigenvalue weighted by atomic mass is 16.5. The van der Waals surface area contributed by atoms with E-state index in [1.165, 1.54) is 0 Å². The molecule has 0 saturated carbocycles. The van der Waals surface area contributed by atoms with Crippen molar-refractivity contribution < 1.29 is 19.0 Å². The fourth-order valence-corrected chi connectivity index (χ4v) is 2.38. The third-order valence-electron chi connectivity index (χ3n) is 3.61. The number of hydrogen-bond acceptors (Lipinski definition) is 5. The minimum Gasteiger partial charge on any atom is -0.497 e. The van der Waals surface area contributed by atoms with Crippen LogP contribution in [0.1, 0.15) is 19.8 Å². The summed E-state index contributed by atoms with van der Waals surface area (Å²) in [5.41, 5.74) is 5.54. The molecule has 3 atom stereocenters. The molecular formula is C16H24N2O4. The summed E-state index contributed by atoms with van der Waals surface area (Å²) in [5, 5.41) is 2.86. The molecule has 1 aliphatic heterocycles. The van der Waals surface area contributed by atoms with Crippen molar-refractivity contribution in [2.75, 3.05) is 20.2 Å². The number of carbonyl (C=O) groups is 1. The molecule has 0 aromatic heterocycles. The van der Waals surface area contributed by atoms with Crippen molar-refractivity contribution >= 4 is 5.91 Å². The van der Waals surface area contributed by atoms with Gasteiger partial charge in [0.05, 0.1) is 19.8 Å². The molecule has 1 aromatic rings. The van der Waals surface area contributed by atoms with Gasteiger partial charge in [-0.25, -0.2) is 0 Å². The molecule has 1 heterocycles. The minimum absolute atomic E-state index is 0.00112. The Hall–Kier alpha value is -1.79. The molecule has 1 unspecified atom stereocenters. The molecule has 6 heteroatoms. The zero-order valence-corrected chi connectivity index (χ0v) is 13.1. The number of ether oxygens (including phenoxy) is 3. The Morgan fingerprint density at radius 1 is 1.45 bits per heavy atom. The molecule has 0 spiro atoms. The van der Waals surface area contributed by atoms with Gasteiger partial charge in [0, 0.05) is 12.6 Å². The van der Waals surface area contributed by atoms with E-state index in [9.17, 15) is 4.79 Å². The van der Waals surface area contributed by atoms with E-state index in [1.54, 1.807) is 7.11 Å². The summed E-state index contributed by atoms with van der Waals surface area (Å²) in [7, 11) is 1.61. The zero-order chi connectivity index (χ0) is 15.9. The van der Waals surface area contributed by atoms with E-state index < -0.39 is 6.10 Å². The van der Waals surface area contributed by atoms with Crippen LogP contribution in [0, 0.1) is 0 Å². The van der Waals surface area contributed by atoms with Crippen LogP contribution in [0.5, 0.6) is 11.5 Å². The van der Waals surface area contributed by atoms with Crippen LogP contribution in [0.4, 0.5) is 0 Å². The Kier molecular flexibility index (Phi) is 6.03. The lowest BCUT2D eigenvalue weighted by atomic mass is 10.2. The van der Waals surface area contributed by atoms with E-state index in [4.69, 9.17) is 19.9 Å². The number of nitrogens with one attached hydrogen (secondary N) is 1. The number of rotatable bonds is 7.